The average Bonchev–Trinajstić information content (AvgIpc) is 2.26. The van der Waals surface area contributed by atoms with Crippen molar-refractivity contribution >= 4 is 23.5 Å². The first-order chi connectivity index (χ1) is 8.43. The Hall–Kier alpha value is -1.55. The van der Waals surface area contributed by atoms with E-state index in [1.165, 1.54) is 6.07 Å². The Morgan fingerprint density at radius 3 is 2.56 bits per heavy atom. The number of aliphatic carboxylic acids is 1. The van der Waals surface area contributed by atoms with E-state index in [1.54, 1.807) is 12.1 Å². The summed E-state index contributed by atoms with van der Waals surface area (Å²) in [6.45, 7) is 3.69. The topological polar surface area (TPSA) is 66.4 Å². The molecule has 1 amide bonds. The lowest BCUT2D eigenvalue weighted by Gasteiger charge is -2.13. The number of halogens is 1. The van der Waals surface area contributed by atoms with Crippen molar-refractivity contribution in [2.45, 2.75) is 32.7 Å². The van der Waals surface area contributed by atoms with Gasteiger partial charge in [0, 0.05) is 10.6 Å². The van der Waals surface area contributed by atoms with Gasteiger partial charge in [-0.3, -0.25) is 4.79 Å². The van der Waals surface area contributed by atoms with Crippen molar-refractivity contribution in [3.05, 3.63) is 34.3 Å². The second-order valence-electron chi connectivity index (χ2n) is 4.17. The largest absolute Gasteiger partial charge is 0.480 e. The Bertz CT molecular complexity index is 439. The quantitative estimate of drug-likeness (QED) is 0.863. The van der Waals surface area contributed by atoms with Gasteiger partial charge in [-0.15, -0.1) is 0 Å². The summed E-state index contributed by atoms with van der Waals surface area (Å²) in [6.07, 6.45) is 1.09. The van der Waals surface area contributed by atoms with Crippen molar-refractivity contribution in [3.8, 4) is 0 Å². The first-order valence-electron chi connectivity index (χ1n) is 5.75. The van der Waals surface area contributed by atoms with E-state index in [1.807, 2.05) is 13.8 Å². The summed E-state index contributed by atoms with van der Waals surface area (Å²) in [5.74, 6) is -1.44. The first-order valence-corrected chi connectivity index (χ1v) is 6.12. The zero-order chi connectivity index (χ0) is 13.7. The molecule has 18 heavy (non-hydrogen) atoms. The van der Waals surface area contributed by atoms with E-state index in [2.05, 4.69) is 5.32 Å². The third-order valence-corrected chi connectivity index (χ3v) is 2.70. The molecule has 0 saturated carbocycles. The SMILES string of the molecule is CCC[C@H](NC(=O)c1cc(C)cc(Cl)c1)C(=O)O. The molecule has 0 aliphatic heterocycles. The van der Waals surface area contributed by atoms with Crippen LogP contribution in [0.25, 0.3) is 0 Å². The maximum Gasteiger partial charge on any atom is 0.326 e. The van der Waals surface area contributed by atoms with E-state index < -0.39 is 17.9 Å². The van der Waals surface area contributed by atoms with Crippen LogP contribution in [0.4, 0.5) is 0 Å². The van der Waals surface area contributed by atoms with Crippen molar-refractivity contribution in [3.63, 3.8) is 0 Å². The van der Waals surface area contributed by atoms with Gasteiger partial charge in [-0.05, 0) is 37.1 Å². The first kappa shape index (κ1) is 14.5. The molecule has 0 unspecified atom stereocenters. The Morgan fingerprint density at radius 1 is 1.39 bits per heavy atom. The number of hydrogen-bond acceptors (Lipinski definition) is 2. The predicted octanol–water partition coefficient (Wildman–Crippen LogP) is 2.63. The highest BCUT2D eigenvalue weighted by molar-refractivity contribution is 6.31. The molecule has 0 aliphatic rings. The fraction of sp³-hybridized carbons (Fsp3) is 0.385. The van der Waals surface area contributed by atoms with Gasteiger partial charge in [0.2, 0.25) is 0 Å². The van der Waals surface area contributed by atoms with Gasteiger partial charge in [-0.1, -0.05) is 24.9 Å². The van der Waals surface area contributed by atoms with Crippen molar-refractivity contribution in [2.24, 2.45) is 0 Å². The third kappa shape index (κ3) is 4.04. The number of rotatable bonds is 5. The van der Waals surface area contributed by atoms with Gasteiger partial charge in [0.15, 0.2) is 0 Å². The van der Waals surface area contributed by atoms with E-state index in [0.29, 0.717) is 23.4 Å². The monoisotopic (exact) mass is 269 g/mol. The molecule has 0 saturated heterocycles. The highest BCUT2D eigenvalue weighted by Crippen LogP contribution is 2.14. The van der Waals surface area contributed by atoms with E-state index in [-0.39, 0.29) is 0 Å². The van der Waals surface area contributed by atoms with Gasteiger partial charge >= 0.3 is 5.97 Å². The Labute approximate surface area is 111 Å². The third-order valence-electron chi connectivity index (χ3n) is 2.49. The lowest BCUT2D eigenvalue weighted by atomic mass is 10.1. The van der Waals surface area contributed by atoms with Crippen LogP contribution in [0.1, 0.15) is 35.7 Å². The number of hydrogen-bond donors (Lipinski definition) is 2. The lowest BCUT2D eigenvalue weighted by molar-refractivity contribution is -0.139. The van der Waals surface area contributed by atoms with Gasteiger partial charge in [-0.25, -0.2) is 4.79 Å². The molecule has 0 aromatic heterocycles. The van der Waals surface area contributed by atoms with E-state index in [9.17, 15) is 9.59 Å². The second-order valence-corrected chi connectivity index (χ2v) is 4.61. The highest BCUT2D eigenvalue weighted by Gasteiger charge is 2.19. The van der Waals surface area contributed by atoms with Crippen LogP contribution >= 0.6 is 11.6 Å². The van der Waals surface area contributed by atoms with Crippen molar-refractivity contribution < 1.29 is 14.7 Å². The predicted molar refractivity (Wildman–Crippen MR) is 70.0 cm³/mol. The molecular weight excluding hydrogens is 254 g/mol. The minimum absolute atomic E-state index is 0.377. The minimum Gasteiger partial charge on any atom is -0.480 e. The van der Waals surface area contributed by atoms with Crippen LogP contribution in [-0.4, -0.2) is 23.0 Å². The van der Waals surface area contributed by atoms with Crippen LogP contribution in [0, 0.1) is 6.92 Å². The molecule has 0 fully saturated rings. The zero-order valence-corrected chi connectivity index (χ0v) is 11.1. The summed E-state index contributed by atoms with van der Waals surface area (Å²) in [6, 6.07) is 4.07. The highest BCUT2D eigenvalue weighted by atomic mass is 35.5. The zero-order valence-electron chi connectivity index (χ0n) is 10.4. The van der Waals surface area contributed by atoms with E-state index >= 15 is 0 Å². The van der Waals surface area contributed by atoms with Crippen LogP contribution in [-0.2, 0) is 4.79 Å². The molecule has 1 rings (SSSR count). The van der Waals surface area contributed by atoms with Gasteiger partial charge in [0.1, 0.15) is 6.04 Å². The average molecular weight is 270 g/mol. The number of carboxylic acid groups (broad SMARTS) is 1. The molecule has 98 valence electrons. The number of amides is 1. The number of carboxylic acids is 1. The summed E-state index contributed by atoms with van der Waals surface area (Å²) in [5, 5.41) is 11.9. The molecule has 0 bridgehead atoms. The maximum atomic E-state index is 11.9. The molecule has 0 heterocycles. The smallest absolute Gasteiger partial charge is 0.326 e. The maximum absolute atomic E-state index is 11.9. The fourth-order valence-corrected chi connectivity index (χ4v) is 1.94. The molecule has 0 aliphatic carbocycles. The summed E-state index contributed by atoms with van der Waals surface area (Å²) >= 11 is 5.86. The van der Waals surface area contributed by atoms with Crippen LogP contribution < -0.4 is 5.32 Å². The number of benzene rings is 1. The van der Waals surface area contributed by atoms with Crippen LogP contribution in [0.2, 0.25) is 5.02 Å². The molecule has 1 atom stereocenters. The van der Waals surface area contributed by atoms with E-state index in [0.717, 1.165) is 5.56 Å². The van der Waals surface area contributed by atoms with Gasteiger partial charge in [0.05, 0.1) is 0 Å². The van der Waals surface area contributed by atoms with Crippen molar-refractivity contribution in [1.82, 2.24) is 5.32 Å². The molecular formula is C13H16ClNO3. The molecule has 4 nitrogen and oxygen atoms in total. The molecule has 2 N–H and O–H groups in total. The molecule has 5 heteroatoms. The molecule has 0 radical (unpaired) electrons. The van der Waals surface area contributed by atoms with Crippen LogP contribution in [0.5, 0.6) is 0 Å². The Balaban J connectivity index is 2.83. The fourth-order valence-electron chi connectivity index (χ4n) is 1.66. The molecule has 1 aromatic carbocycles. The molecule has 0 spiro atoms. The summed E-state index contributed by atoms with van der Waals surface area (Å²) in [5.41, 5.74) is 1.23. The number of carbonyl (C=O) groups is 2. The number of carbonyl (C=O) groups excluding carboxylic acids is 1. The minimum atomic E-state index is -1.02. The van der Waals surface area contributed by atoms with Crippen molar-refractivity contribution in [1.29, 1.82) is 0 Å². The standard InChI is InChI=1S/C13H16ClNO3/c1-3-4-11(13(17)18)15-12(16)9-5-8(2)6-10(14)7-9/h5-7,11H,3-4H2,1-2H3,(H,15,16)(H,17,18)/t11-/m0/s1. The van der Waals surface area contributed by atoms with Gasteiger partial charge in [-0.2, -0.15) is 0 Å². The normalized spacial score (nSPS) is 11.9. The number of nitrogens with one attached hydrogen (secondary N) is 1. The Morgan fingerprint density at radius 2 is 2.06 bits per heavy atom. The summed E-state index contributed by atoms with van der Waals surface area (Å²) in [4.78, 5) is 22.9. The van der Waals surface area contributed by atoms with Crippen LogP contribution in [0.15, 0.2) is 18.2 Å². The van der Waals surface area contributed by atoms with Gasteiger partial charge < -0.3 is 10.4 Å². The second kappa shape index (κ2) is 6.40. The van der Waals surface area contributed by atoms with Crippen molar-refractivity contribution in [2.75, 3.05) is 0 Å². The lowest BCUT2D eigenvalue weighted by Crippen LogP contribution is -2.40. The summed E-state index contributed by atoms with van der Waals surface area (Å²) < 4.78 is 0. The Kier molecular flexibility index (Phi) is 5.16. The van der Waals surface area contributed by atoms with Crippen LogP contribution in [0.3, 0.4) is 0 Å². The molecule has 1 aromatic rings. The number of aryl methyl sites for hydroxylation is 1. The van der Waals surface area contributed by atoms with Gasteiger partial charge in [0.25, 0.3) is 5.91 Å². The summed E-state index contributed by atoms with van der Waals surface area (Å²) in [7, 11) is 0. The van der Waals surface area contributed by atoms with E-state index in [4.69, 9.17) is 16.7 Å².